The summed E-state index contributed by atoms with van der Waals surface area (Å²) in [6.45, 7) is 0.681. The Bertz CT molecular complexity index is 1310. The fourth-order valence-electron chi connectivity index (χ4n) is 5.33. The van der Waals surface area contributed by atoms with Crippen molar-refractivity contribution in [3.63, 3.8) is 0 Å². The van der Waals surface area contributed by atoms with Gasteiger partial charge in [0, 0.05) is 23.2 Å². The van der Waals surface area contributed by atoms with Crippen molar-refractivity contribution in [1.82, 2.24) is 19.5 Å². The molecule has 1 saturated carbocycles. The molecule has 3 N–H and O–H groups in total. The summed E-state index contributed by atoms with van der Waals surface area (Å²) < 4.78 is 1.98. The Morgan fingerprint density at radius 1 is 1.12 bits per heavy atom. The Labute approximate surface area is 191 Å². The molecule has 1 fully saturated rings. The number of hydrogen-bond donors (Lipinski definition) is 3. The van der Waals surface area contributed by atoms with E-state index in [4.69, 9.17) is 9.82 Å². The van der Waals surface area contributed by atoms with Crippen LogP contribution in [0.25, 0.3) is 21.9 Å². The number of anilines is 1. The molecule has 4 atom stereocenters. The topological polar surface area (TPSA) is 105 Å². The quantitative estimate of drug-likeness (QED) is 0.443. The van der Waals surface area contributed by atoms with Gasteiger partial charge < -0.3 is 14.8 Å². The van der Waals surface area contributed by atoms with Gasteiger partial charge in [0.05, 0.1) is 24.3 Å². The van der Waals surface area contributed by atoms with Crippen LogP contribution in [0.5, 0.6) is 0 Å². The van der Waals surface area contributed by atoms with E-state index in [0.717, 1.165) is 53.4 Å². The Morgan fingerprint density at radius 2 is 2.06 bits per heavy atom. The minimum atomic E-state index is -0.819. The van der Waals surface area contributed by atoms with Gasteiger partial charge in [-0.2, -0.15) is 0 Å². The van der Waals surface area contributed by atoms with E-state index in [1.807, 2.05) is 16.8 Å². The van der Waals surface area contributed by atoms with E-state index in [9.17, 15) is 10.2 Å². The van der Waals surface area contributed by atoms with Gasteiger partial charge in [0.25, 0.3) is 0 Å². The van der Waals surface area contributed by atoms with Gasteiger partial charge >= 0.3 is 0 Å². The third-order valence-corrected chi connectivity index (χ3v) is 7.13. The van der Waals surface area contributed by atoms with E-state index in [-0.39, 0.29) is 12.0 Å². The maximum absolute atomic E-state index is 10.8. The summed E-state index contributed by atoms with van der Waals surface area (Å²) in [5.74, 6) is 0.812. The predicted molar refractivity (Wildman–Crippen MR) is 125 cm³/mol. The van der Waals surface area contributed by atoms with Crippen LogP contribution >= 0.6 is 0 Å². The standard InChI is InChI=1S/C25H27N5O3/c31-22-17(12-21(23(22)32)30-8-7-19-13-26-14-27-25(19)30)6-4-15-3-5-16-11-18-2-1-9-33-29-24(18)28-20(16)10-15/h3,5,7-8,10-11,13-14,17,21-23,31-32H,1-2,4,6,9,12H2,(H,28,29)/t17-,21+,22+,23-/m0/s1. The lowest BCUT2D eigenvalue weighted by molar-refractivity contribution is 0.00545. The Balaban J connectivity index is 1.19. The molecular formula is C25H27N5O3. The lowest BCUT2D eigenvalue weighted by Crippen LogP contribution is -2.29. The zero-order valence-corrected chi connectivity index (χ0v) is 18.3. The second-order valence-electron chi connectivity index (χ2n) is 9.18. The number of fused-ring (bicyclic) bond motifs is 3. The molecule has 0 saturated heterocycles. The SMILES string of the molecule is O[C@@H]1[C@@H](CCc2ccc3cc4c(nc3c2)NOCCC4)C[C@@H](n2ccc3cncnc32)[C@@H]1O. The normalized spacial score (nSPS) is 25.2. The molecule has 2 aliphatic rings. The summed E-state index contributed by atoms with van der Waals surface area (Å²) in [4.78, 5) is 18.6. The Morgan fingerprint density at radius 3 is 3.00 bits per heavy atom. The highest BCUT2D eigenvalue weighted by molar-refractivity contribution is 5.82. The summed E-state index contributed by atoms with van der Waals surface area (Å²) in [7, 11) is 0. The number of hydrogen-bond acceptors (Lipinski definition) is 7. The van der Waals surface area contributed by atoms with Gasteiger partial charge in [-0.3, -0.25) is 4.84 Å². The number of nitrogens with one attached hydrogen (secondary N) is 1. The lowest BCUT2D eigenvalue weighted by Gasteiger charge is -2.19. The van der Waals surface area contributed by atoms with E-state index < -0.39 is 12.2 Å². The molecular weight excluding hydrogens is 418 g/mol. The van der Waals surface area contributed by atoms with Crippen LogP contribution in [0, 0.1) is 5.92 Å². The van der Waals surface area contributed by atoms with E-state index in [2.05, 4.69) is 39.7 Å². The van der Waals surface area contributed by atoms with Crippen molar-refractivity contribution in [2.75, 3.05) is 12.1 Å². The molecule has 0 unspecified atom stereocenters. The smallest absolute Gasteiger partial charge is 0.153 e. The van der Waals surface area contributed by atoms with Crippen LogP contribution in [0.1, 0.15) is 36.4 Å². The average molecular weight is 446 g/mol. The highest BCUT2D eigenvalue weighted by atomic mass is 16.6. The van der Waals surface area contributed by atoms with Gasteiger partial charge in [-0.1, -0.05) is 12.1 Å². The first kappa shape index (κ1) is 20.5. The van der Waals surface area contributed by atoms with Crippen LogP contribution in [0.2, 0.25) is 0 Å². The van der Waals surface area contributed by atoms with Gasteiger partial charge in [0.1, 0.15) is 18.1 Å². The number of rotatable bonds is 4. The molecule has 33 heavy (non-hydrogen) atoms. The molecule has 8 nitrogen and oxygen atoms in total. The molecule has 1 aliphatic carbocycles. The average Bonchev–Trinajstić information content (AvgIpc) is 3.28. The lowest BCUT2D eigenvalue weighted by atomic mass is 9.95. The Kier molecular flexibility index (Phi) is 5.21. The molecule has 4 heterocycles. The molecule has 0 amide bonds. The summed E-state index contributed by atoms with van der Waals surface area (Å²) >= 11 is 0. The molecule has 3 aromatic heterocycles. The van der Waals surface area contributed by atoms with Gasteiger partial charge in [-0.05, 0) is 67.3 Å². The maximum Gasteiger partial charge on any atom is 0.153 e. The number of pyridine rings is 1. The van der Waals surface area contributed by atoms with Crippen LogP contribution < -0.4 is 5.48 Å². The fraction of sp³-hybridized carbons (Fsp3) is 0.400. The number of aryl methyl sites for hydroxylation is 2. The van der Waals surface area contributed by atoms with E-state index in [1.54, 1.807) is 6.20 Å². The van der Waals surface area contributed by atoms with Crippen LogP contribution in [0.15, 0.2) is 49.1 Å². The fourth-order valence-corrected chi connectivity index (χ4v) is 5.33. The maximum atomic E-state index is 10.8. The van der Waals surface area contributed by atoms with E-state index in [1.165, 1.54) is 17.5 Å². The van der Waals surface area contributed by atoms with Crippen molar-refractivity contribution in [1.29, 1.82) is 0 Å². The minimum absolute atomic E-state index is 0.00931. The monoisotopic (exact) mass is 445 g/mol. The van der Waals surface area contributed by atoms with E-state index >= 15 is 0 Å². The molecule has 6 rings (SSSR count). The van der Waals surface area contributed by atoms with Gasteiger partial charge in [-0.25, -0.2) is 20.4 Å². The predicted octanol–water partition coefficient (Wildman–Crippen LogP) is 3.18. The molecule has 1 aromatic carbocycles. The molecule has 0 bridgehead atoms. The Hall–Kier alpha value is -3.07. The molecule has 4 aromatic rings. The van der Waals surface area contributed by atoms with E-state index in [0.29, 0.717) is 13.0 Å². The summed E-state index contributed by atoms with van der Waals surface area (Å²) in [5.41, 5.74) is 7.06. The highest BCUT2D eigenvalue weighted by Crippen LogP contribution is 2.39. The molecule has 170 valence electrons. The molecule has 8 heteroatoms. The van der Waals surface area contributed by atoms with Crippen LogP contribution in [0.3, 0.4) is 0 Å². The van der Waals surface area contributed by atoms with Crippen molar-refractivity contribution < 1.29 is 15.1 Å². The first-order chi connectivity index (χ1) is 16.2. The summed E-state index contributed by atoms with van der Waals surface area (Å²) in [6, 6.07) is 10.3. The number of aliphatic hydroxyl groups is 2. The molecule has 0 spiro atoms. The zero-order chi connectivity index (χ0) is 22.4. The minimum Gasteiger partial charge on any atom is -0.390 e. The molecule has 1 aliphatic heterocycles. The second kappa shape index (κ2) is 8.37. The summed E-state index contributed by atoms with van der Waals surface area (Å²) in [5, 5.41) is 23.6. The third-order valence-electron chi connectivity index (χ3n) is 7.13. The summed E-state index contributed by atoms with van der Waals surface area (Å²) in [6.07, 6.45) is 7.88. The van der Waals surface area contributed by atoms with Crippen molar-refractivity contribution in [3.8, 4) is 0 Å². The van der Waals surface area contributed by atoms with Gasteiger partial charge in [-0.15, -0.1) is 0 Å². The van der Waals surface area contributed by atoms with Crippen LogP contribution in [-0.2, 0) is 17.7 Å². The van der Waals surface area contributed by atoms with Crippen LogP contribution in [0.4, 0.5) is 5.82 Å². The highest BCUT2D eigenvalue weighted by Gasteiger charge is 2.42. The molecule has 0 radical (unpaired) electrons. The van der Waals surface area contributed by atoms with Crippen molar-refractivity contribution in [2.24, 2.45) is 5.92 Å². The zero-order valence-electron chi connectivity index (χ0n) is 18.3. The third kappa shape index (κ3) is 3.74. The van der Waals surface area contributed by atoms with Crippen LogP contribution in [-0.4, -0.2) is 48.5 Å². The number of aromatic nitrogens is 4. The van der Waals surface area contributed by atoms with Crippen molar-refractivity contribution >= 4 is 27.8 Å². The largest absolute Gasteiger partial charge is 0.390 e. The second-order valence-corrected chi connectivity index (χ2v) is 9.18. The van der Waals surface area contributed by atoms with Gasteiger partial charge in [0.15, 0.2) is 5.82 Å². The number of aliphatic hydroxyl groups excluding tert-OH is 2. The van der Waals surface area contributed by atoms with Crippen molar-refractivity contribution in [3.05, 3.63) is 60.2 Å². The van der Waals surface area contributed by atoms with Gasteiger partial charge in [0.2, 0.25) is 0 Å². The van der Waals surface area contributed by atoms with Crippen molar-refractivity contribution in [2.45, 2.75) is 50.4 Å². The number of nitrogens with zero attached hydrogens (tertiary/aromatic N) is 4. The number of benzene rings is 1. The first-order valence-electron chi connectivity index (χ1n) is 11.6. The first-order valence-corrected chi connectivity index (χ1v) is 11.6.